The highest BCUT2D eigenvalue weighted by molar-refractivity contribution is 7.89. The molecule has 0 spiro atoms. The molecule has 1 fully saturated rings. The molecule has 0 saturated carbocycles. The number of nitrogens with zero attached hydrogens (tertiary/aromatic N) is 5. The summed E-state index contributed by atoms with van der Waals surface area (Å²) in [6.45, 7) is 14.4. The Kier molecular flexibility index (Phi) is 9.98. The van der Waals surface area contributed by atoms with Crippen LogP contribution in [0.5, 0.6) is 0 Å². The summed E-state index contributed by atoms with van der Waals surface area (Å²) in [6.07, 6.45) is 4.11. The first-order valence-electron chi connectivity index (χ1n) is 16.9. The van der Waals surface area contributed by atoms with E-state index in [0.717, 1.165) is 44.8 Å². The van der Waals surface area contributed by atoms with Gasteiger partial charge in [-0.3, -0.25) is 25.0 Å². The number of benzene rings is 3. The van der Waals surface area contributed by atoms with Crippen molar-refractivity contribution in [3.8, 4) is 22.5 Å². The number of hydrogen-bond donors (Lipinski definition) is 0. The molecular weight excluding hydrogens is 647 g/mol. The van der Waals surface area contributed by atoms with Crippen LogP contribution in [0.4, 0.5) is 5.69 Å². The van der Waals surface area contributed by atoms with Crippen LogP contribution in [0, 0.1) is 51.7 Å². The molecule has 2 aromatic heterocycles. The molecule has 9 nitrogen and oxygen atoms in total. The first-order valence-corrected chi connectivity index (χ1v) is 18.3. The van der Waals surface area contributed by atoms with Gasteiger partial charge in [0.25, 0.3) is 15.7 Å². The van der Waals surface area contributed by atoms with Gasteiger partial charge in [0, 0.05) is 61.8 Å². The number of likely N-dealkylation sites (tertiary alicyclic amines) is 1. The van der Waals surface area contributed by atoms with Crippen molar-refractivity contribution in [1.82, 2.24) is 19.2 Å². The standard InChI is InChI=1S/C40H43N5O4S/c1-26-17-34(18-27(2)30(26)5)37-21-32(11-14-41-37)23-43-16-13-36(25-43)44(50(48,49)40-10-8-7-9-39(40)45(46)47)24-33-12-15-42-38(22-33)35-19-28(3)31(6)29(4)20-35/h7-12,14-15,17-22,36H,13,16,23-25H2,1-6H3/t36-/m0/s1. The lowest BCUT2D eigenvalue weighted by Crippen LogP contribution is -2.41. The Morgan fingerprint density at radius 1 is 0.780 bits per heavy atom. The minimum Gasteiger partial charge on any atom is -0.297 e. The van der Waals surface area contributed by atoms with Crippen molar-refractivity contribution < 1.29 is 13.3 Å². The summed E-state index contributed by atoms with van der Waals surface area (Å²) in [6, 6.07) is 21.6. The number of para-hydroxylation sites is 1. The van der Waals surface area contributed by atoms with Crippen LogP contribution in [0.15, 0.2) is 90.1 Å². The van der Waals surface area contributed by atoms with Crippen molar-refractivity contribution >= 4 is 15.7 Å². The molecule has 50 heavy (non-hydrogen) atoms. The molecule has 0 radical (unpaired) electrons. The second-order valence-electron chi connectivity index (χ2n) is 13.5. The van der Waals surface area contributed by atoms with Crippen LogP contribution >= 0.6 is 0 Å². The average Bonchev–Trinajstić information content (AvgIpc) is 3.55. The van der Waals surface area contributed by atoms with Crippen LogP contribution in [-0.2, 0) is 23.1 Å². The van der Waals surface area contributed by atoms with Gasteiger partial charge < -0.3 is 0 Å². The molecule has 1 saturated heterocycles. The Bertz CT molecular complexity index is 2150. The molecule has 3 heterocycles. The first kappa shape index (κ1) is 35.1. The van der Waals surface area contributed by atoms with Gasteiger partial charge in [0.05, 0.1) is 16.3 Å². The number of aromatic nitrogens is 2. The van der Waals surface area contributed by atoms with Crippen molar-refractivity contribution in [2.45, 2.75) is 72.0 Å². The summed E-state index contributed by atoms with van der Waals surface area (Å²) < 4.78 is 30.4. The third-order valence-electron chi connectivity index (χ3n) is 10.1. The van der Waals surface area contributed by atoms with Gasteiger partial charge in [-0.1, -0.05) is 12.1 Å². The maximum absolute atomic E-state index is 14.5. The molecule has 0 N–H and O–H groups in total. The molecule has 5 aromatic rings. The summed E-state index contributed by atoms with van der Waals surface area (Å²) >= 11 is 0. The van der Waals surface area contributed by atoms with Gasteiger partial charge >= 0.3 is 0 Å². The molecule has 1 atom stereocenters. The molecule has 1 aliphatic heterocycles. The number of sulfonamides is 1. The zero-order valence-corrected chi connectivity index (χ0v) is 30.3. The van der Waals surface area contributed by atoms with Crippen LogP contribution in [0.25, 0.3) is 22.5 Å². The van der Waals surface area contributed by atoms with E-state index in [2.05, 4.69) is 86.7 Å². The molecule has 0 unspecified atom stereocenters. The van der Waals surface area contributed by atoms with E-state index in [-0.39, 0.29) is 11.4 Å². The third kappa shape index (κ3) is 7.23. The van der Waals surface area contributed by atoms with Crippen molar-refractivity contribution in [1.29, 1.82) is 0 Å². The molecule has 0 amide bonds. The van der Waals surface area contributed by atoms with Crippen molar-refractivity contribution in [2.24, 2.45) is 0 Å². The zero-order valence-electron chi connectivity index (χ0n) is 29.5. The SMILES string of the molecule is Cc1cc(-c2cc(CN3CC[C@H](N(Cc4ccnc(-c5cc(C)c(C)c(C)c5)c4)S(=O)(=O)c4ccccc4[N+](=O)[O-])C3)ccn2)cc(C)c1C. The lowest BCUT2D eigenvalue weighted by molar-refractivity contribution is -0.387. The molecule has 1 aliphatic rings. The van der Waals surface area contributed by atoms with Gasteiger partial charge in [0.2, 0.25) is 0 Å². The fourth-order valence-corrected chi connectivity index (χ4v) is 8.61. The molecule has 258 valence electrons. The van der Waals surface area contributed by atoms with Crippen molar-refractivity contribution in [3.05, 3.63) is 140 Å². The van der Waals surface area contributed by atoms with Gasteiger partial charge in [-0.15, -0.1) is 0 Å². The van der Waals surface area contributed by atoms with E-state index < -0.39 is 26.7 Å². The highest BCUT2D eigenvalue weighted by atomic mass is 32.2. The quantitative estimate of drug-likeness (QED) is 0.108. The van der Waals surface area contributed by atoms with Crippen molar-refractivity contribution in [3.63, 3.8) is 0 Å². The Hall–Kier alpha value is -4.77. The fraction of sp³-hybridized carbons (Fsp3) is 0.300. The number of nitro groups is 1. The third-order valence-corrected chi connectivity index (χ3v) is 12.1. The smallest absolute Gasteiger partial charge is 0.289 e. The number of rotatable bonds is 10. The normalized spacial score (nSPS) is 15.1. The van der Waals surface area contributed by atoms with Crippen LogP contribution in [0.3, 0.4) is 0 Å². The Morgan fingerprint density at radius 2 is 1.30 bits per heavy atom. The lowest BCUT2D eigenvalue weighted by atomic mass is 9.98. The van der Waals surface area contributed by atoms with Gasteiger partial charge in [0.1, 0.15) is 0 Å². The summed E-state index contributed by atoms with van der Waals surface area (Å²) in [5.41, 5.74) is 12.3. The minimum atomic E-state index is -4.27. The second-order valence-corrected chi connectivity index (χ2v) is 15.4. The Morgan fingerprint density at radius 3 is 1.86 bits per heavy atom. The van der Waals surface area contributed by atoms with Gasteiger partial charge in [-0.25, -0.2) is 8.42 Å². The fourth-order valence-electron chi connectivity index (χ4n) is 6.82. The van der Waals surface area contributed by atoms with E-state index in [9.17, 15) is 18.5 Å². The topological polar surface area (TPSA) is 110 Å². The highest BCUT2D eigenvalue weighted by Gasteiger charge is 2.39. The number of aryl methyl sites for hydroxylation is 4. The van der Waals surface area contributed by atoms with Crippen LogP contribution in [-0.4, -0.2) is 51.6 Å². The number of nitro benzene ring substituents is 1. The first-order chi connectivity index (χ1) is 23.8. The minimum absolute atomic E-state index is 0.0533. The largest absolute Gasteiger partial charge is 0.297 e. The molecule has 0 aliphatic carbocycles. The molecule has 10 heteroatoms. The zero-order chi connectivity index (χ0) is 35.7. The molecule has 0 bridgehead atoms. The highest BCUT2D eigenvalue weighted by Crippen LogP contribution is 2.33. The van der Waals surface area contributed by atoms with E-state index in [1.807, 2.05) is 24.4 Å². The van der Waals surface area contributed by atoms with Crippen LogP contribution < -0.4 is 0 Å². The predicted octanol–water partition coefficient (Wildman–Crippen LogP) is 8.03. The second kappa shape index (κ2) is 14.2. The maximum atomic E-state index is 14.5. The molecule has 3 aromatic carbocycles. The number of hydrogen-bond acceptors (Lipinski definition) is 7. The van der Waals surface area contributed by atoms with E-state index in [1.165, 1.54) is 50.8 Å². The van der Waals surface area contributed by atoms with Crippen LogP contribution in [0.2, 0.25) is 0 Å². The lowest BCUT2D eigenvalue weighted by Gasteiger charge is -2.28. The van der Waals surface area contributed by atoms with Crippen LogP contribution in [0.1, 0.15) is 50.9 Å². The Balaban J connectivity index is 1.30. The molecular formula is C40H43N5O4S. The van der Waals surface area contributed by atoms with Gasteiger partial charge in [-0.2, -0.15) is 4.31 Å². The summed E-state index contributed by atoms with van der Waals surface area (Å²) in [4.78, 5) is 22.6. The monoisotopic (exact) mass is 689 g/mol. The van der Waals surface area contributed by atoms with Crippen molar-refractivity contribution in [2.75, 3.05) is 13.1 Å². The van der Waals surface area contributed by atoms with E-state index in [0.29, 0.717) is 26.1 Å². The van der Waals surface area contributed by atoms with Gasteiger partial charge in [0.15, 0.2) is 4.90 Å². The molecule has 6 rings (SSSR count). The summed E-state index contributed by atoms with van der Waals surface area (Å²) in [7, 11) is -4.27. The van der Waals surface area contributed by atoms with E-state index >= 15 is 0 Å². The van der Waals surface area contributed by atoms with E-state index in [4.69, 9.17) is 0 Å². The Labute approximate surface area is 294 Å². The summed E-state index contributed by atoms with van der Waals surface area (Å²) in [5, 5.41) is 12.0. The maximum Gasteiger partial charge on any atom is 0.289 e. The average molecular weight is 690 g/mol. The number of pyridine rings is 2. The van der Waals surface area contributed by atoms with Gasteiger partial charge in [-0.05, 0) is 147 Å². The predicted molar refractivity (Wildman–Crippen MR) is 197 cm³/mol. The van der Waals surface area contributed by atoms with E-state index in [1.54, 1.807) is 6.20 Å². The summed E-state index contributed by atoms with van der Waals surface area (Å²) in [5.74, 6) is 0.